The molecular weight excluding hydrogens is 294 g/mol. The van der Waals surface area contributed by atoms with Crippen molar-refractivity contribution in [3.63, 3.8) is 0 Å². The van der Waals surface area contributed by atoms with Crippen LogP contribution in [0.5, 0.6) is 5.75 Å². The average molecular weight is 319 g/mol. The Balaban J connectivity index is 1.91. The molecule has 1 aromatic carbocycles. The number of carbonyl (C=O) groups excluding carboxylic acids is 1. The Bertz CT molecular complexity index is 549. The molecule has 1 aromatic rings. The zero-order valence-electron chi connectivity index (χ0n) is 13.8. The number of ether oxygens (including phenoxy) is 1. The maximum absolute atomic E-state index is 12.1. The highest BCUT2D eigenvalue weighted by atomic mass is 16.5. The van der Waals surface area contributed by atoms with Gasteiger partial charge < -0.3 is 15.2 Å². The molecule has 1 saturated carbocycles. The monoisotopic (exact) mass is 319 g/mol. The summed E-state index contributed by atoms with van der Waals surface area (Å²) >= 11 is 0. The molecule has 0 aromatic heterocycles. The van der Waals surface area contributed by atoms with Crippen LogP contribution in [0, 0.1) is 11.3 Å². The summed E-state index contributed by atoms with van der Waals surface area (Å²) in [6.45, 7) is 4.69. The van der Waals surface area contributed by atoms with Crippen LogP contribution in [-0.2, 0) is 16.0 Å². The van der Waals surface area contributed by atoms with E-state index in [1.54, 1.807) is 0 Å². The normalized spacial score (nSPS) is 16.4. The van der Waals surface area contributed by atoms with E-state index in [1.807, 2.05) is 38.1 Å². The van der Waals surface area contributed by atoms with Crippen molar-refractivity contribution >= 4 is 11.9 Å². The smallest absolute Gasteiger partial charge is 0.308 e. The number of carbonyl (C=O) groups is 2. The lowest BCUT2D eigenvalue weighted by molar-refractivity contribution is -0.141. The minimum Gasteiger partial charge on any atom is -0.494 e. The molecule has 0 spiro atoms. The van der Waals surface area contributed by atoms with Crippen molar-refractivity contribution in [1.82, 2.24) is 5.32 Å². The van der Waals surface area contributed by atoms with Crippen molar-refractivity contribution in [2.24, 2.45) is 11.3 Å². The largest absolute Gasteiger partial charge is 0.494 e. The number of carboxylic acid groups (broad SMARTS) is 1. The molecule has 2 N–H and O–H groups in total. The van der Waals surface area contributed by atoms with Gasteiger partial charge in [0.05, 0.1) is 12.5 Å². The van der Waals surface area contributed by atoms with Crippen LogP contribution < -0.4 is 10.1 Å². The van der Waals surface area contributed by atoms with E-state index in [1.165, 1.54) is 0 Å². The van der Waals surface area contributed by atoms with Gasteiger partial charge in [0.15, 0.2) is 0 Å². The molecule has 1 aliphatic carbocycles. The van der Waals surface area contributed by atoms with E-state index in [4.69, 9.17) is 4.74 Å². The van der Waals surface area contributed by atoms with E-state index in [9.17, 15) is 14.7 Å². The fourth-order valence-corrected chi connectivity index (χ4v) is 2.72. The molecule has 1 atom stereocenters. The van der Waals surface area contributed by atoms with Gasteiger partial charge in [-0.15, -0.1) is 0 Å². The molecule has 5 nitrogen and oxygen atoms in total. The molecule has 23 heavy (non-hydrogen) atoms. The number of benzene rings is 1. The molecule has 0 radical (unpaired) electrons. The summed E-state index contributed by atoms with van der Waals surface area (Å²) in [5.74, 6) is -0.738. The molecule has 0 saturated heterocycles. The minimum absolute atomic E-state index is 0.00190. The number of carboxylic acids is 1. The van der Waals surface area contributed by atoms with Gasteiger partial charge in [-0.05, 0) is 50.3 Å². The second-order valence-corrected chi connectivity index (χ2v) is 6.16. The third kappa shape index (κ3) is 4.47. The van der Waals surface area contributed by atoms with Crippen LogP contribution in [0.4, 0.5) is 0 Å². The number of hydrogen-bond acceptors (Lipinski definition) is 3. The van der Waals surface area contributed by atoms with Gasteiger partial charge in [-0.3, -0.25) is 9.59 Å². The van der Waals surface area contributed by atoms with Crippen LogP contribution in [0.1, 0.15) is 38.7 Å². The Hall–Kier alpha value is -2.04. The second-order valence-electron chi connectivity index (χ2n) is 6.16. The number of aliphatic carboxylic acids is 1. The summed E-state index contributed by atoms with van der Waals surface area (Å²) in [4.78, 5) is 23.6. The maximum atomic E-state index is 12.1. The summed E-state index contributed by atoms with van der Waals surface area (Å²) in [6, 6.07) is 7.42. The van der Waals surface area contributed by atoms with Gasteiger partial charge in [0.2, 0.25) is 5.91 Å². The van der Waals surface area contributed by atoms with E-state index in [-0.39, 0.29) is 17.9 Å². The van der Waals surface area contributed by atoms with E-state index in [0.717, 1.165) is 30.6 Å². The molecule has 1 amide bonds. The summed E-state index contributed by atoms with van der Waals surface area (Å²) < 4.78 is 5.38. The van der Waals surface area contributed by atoms with Gasteiger partial charge >= 0.3 is 5.97 Å². The first-order chi connectivity index (χ1) is 11.0. The van der Waals surface area contributed by atoms with E-state index in [0.29, 0.717) is 13.0 Å². The highest BCUT2D eigenvalue weighted by Gasteiger charge is 2.47. The average Bonchev–Trinajstić information content (AvgIpc) is 3.34. The summed E-state index contributed by atoms with van der Waals surface area (Å²) in [7, 11) is 0. The molecule has 0 bridgehead atoms. The van der Waals surface area contributed by atoms with Gasteiger partial charge in [0.25, 0.3) is 0 Å². The fourth-order valence-electron chi connectivity index (χ4n) is 2.72. The third-order valence-electron chi connectivity index (χ3n) is 4.59. The quantitative estimate of drug-likeness (QED) is 0.733. The Labute approximate surface area is 137 Å². The predicted octanol–water partition coefficient (Wildman–Crippen LogP) is 2.63. The summed E-state index contributed by atoms with van der Waals surface area (Å²) in [6.07, 6.45) is 3.02. The van der Waals surface area contributed by atoms with E-state index >= 15 is 0 Å². The predicted molar refractivity (Wildman–Crippen MR) is 87.4 cm³/mol. The van der Waals surface area contributed by atoms with Crippen LogP contribution in [0.15, 0.2) is 24.3 Å². The number of rotatable bonds is 9. The third-order valence-corrected chi connectivity index (χ3v) is 4.59. The number of hydrogen-bond donors (Lipinski definition) is 2. The van der Waals surface area contributed by atoms with Crippen molar-refractivity contribution < 1.29 is 19.4 Å². The van der Waals surface area contributed by atoms with Gasteiger partial charge in [-0.1, -0.05) is 19.1 Å². The van der Waals surface area contributed by atoms with Crippen molar-refractivity contribution in [1.29, 1.82) is 0 Å². The van der Waals surface area contributed by atoms with Crippen molar-refractivity contribution in [3.8, 4) is 5.75 Å². The van der Waals surface area contributed by atoms with E-state index < -0.39 is 11.9 Å². The van der Waals surface area contributed by atoms with Crippen LogP contribution in [-0.4, -0.2) is 30.1 Å². The molecule has 1 fully saturated rings. The first-order valence-electron chi connectivity index (χ1n) is 8.23. The van der Waals surface area contributed by atoms with Gasteiger partial charge in [0, 0.05) is 12.0 Å². The second kappa shape index (κ2) is 7.49. The number of amides is 1. The van der Waals surface area contributed by atoms with Crippen LogP contribution in [0.25, 0.3) is 0 Å². The molecule has 5 heteroatoms. The highest BCUT2D eigenvalue weighted by molar-refractivity contribution is 5.85. The lowest BCUT2D eigenvalue weighted by atomic mass is 9.98. The standard InChI is InChI=1S/C18H25NO4/c1-3-18(9-10-18)17(22)19-12-14(16(20)21)11-13-5-7-15(8-6-13)23-4-2/h5-8,14H,3-4,9-12H2,1-2H3,(H,19,22)(H,20,21). The first kappa shape index (κ1) is 17.3. The molecule has 0 aliphatic heterocycles. The van der Waals surface area contributed by atoms with Gasteiger partial charge in [-0.2, -0.15) is 0 Å². The summed E-state index contributed by atoms with van der Waals surface area (Å²) in [5, 5.41) is 12.2. The molecule has 126 valence electrons. The van der Waals surface area contributed by atoms with Crippen LogP contribution >= 0.6 is 0 Å². The molecular formula is C18H25NO4. The van der Waals surface area contributed by atoms with Crippen molar-refractivity contribution in [2.45, 2.75) is 39.5 Å². The summed E-state index contributed by atoms with van der Waals surface area (Å²) in [5.41, 5.74) is 0.689. The lowest BCUT2D eigenvalue weighted by Crippen LogP contribution is -2.38. The Kier molecular flexibility index (Phi) is 5.64. The Morgan fingerprint density at radius 1 is 1.26 bits per heavy atom. The SMILES string of the molecule is CCOc1ccc(CC(CNC(=O)C2(CC)CC2)C(=O)O)cc1. The zero-order chi connectivity index (χ0) is 16.9. The topological polar surface area (TPSA) is 75.6 Å². The first-order valence-corrected chi connectivity index (χ1v) is 8.23. The highest BCUT2D eigenvalue weighted by Crippen LogP contribution is 2.48. The number of nitrogens with one attached hydrogen (secondary N) is 1. The molecule has 1 unspecified atom stereocenters. The molecule has 1 aliphatic rings. The van der Waals surface area contributed by atoms with Crippen molar-refractivity contribution in [2.75, 3.05) is 13.2 Å². The maximum Gasteiger partial charge on any atom is 0.308 e. The Morgan fingerprint density at radius 3 is 2.39 bits per heavy atom. The molecule has 2 rings (SSSR count). The van der Waals surface area contributed by atoms with Crippen LogP contribution in [0.2, 0.25) is 0 Å². The molecule has 0 heterocycles. The Morgan fingerprint density at radius 2 is 1.91 bits per heavy atom. The van der Waals surface area contributed by atoms with Crippen LogP contribution in [0.3, 0.4) is 0 Å². The van der Waals surface area contributed by atoms with E-state index in [2.05, 4.69) is 5.32 Å². The van der Waals surface area contributed by atoms with Crippen molar-refractivity contribution in [3.05, 3.63) is 29.8 Å². The fraction of sp³-hybridized carbons (Fsp3) is 0.556. The zero-order valence-corrected chi connectivity index (χ0v) is 13.8. The van der Waals surface area contributed by atoms with Gasteiger partial charge in [0.1, 0.15) is 5.75 Å². The van der Waals surface area contributed by atoms with Gasteiger partial charge in [-0.25, -0.2) is 0 Å². The minimum atomic E-state index is -0.888. The lowest BCUT2D eigenvalue weighted by Gasteiger charge is -2.17.